The standard InChI is InChI=1S/C27H31F3N4O4/c28-27(29,30)21-11-9-20(10-12-21)18-38-26(37)33-15-13-24(35)34-22(8-4-5-14-31)25(36)32(17-23(33)34)16-19-6-2-1-3-7-19/h1-3,6-7,9-12,22-23H,4-5,8,13-18,31H2/t22-,23+/m0/s1. The minimum absolute atomic E-state index is 0.0469. The van der Waals surface area contributed by atoms with Crippen molar-refractivity contribution in [2.45, 2.75) is 57.2 Å². The minimum atomic E-state index is -4.45. The fraction of sp³-hybridized carbons (Fsp3) is 0.444. The first-order chi connectivity index (χ1) is 18.2. The van der Waals surface area contributed by atoms with Gasteiger partial charge in [0.1, 0.15) is 18.8 Å². The van der Waals surface area contributed by atoms with Crippen LogP contribution in [0.2, 0.25) is 0 Å². The molecular formula is C27H31F3N4O4. The second-order valence-corrected chi connectivity index (χ2v) is 9.48. The van der Waals surface area contributed by atoms with E-state index in [0.29, 0.717) is 37.9 Å². The molecule has 2 heterocycles. The summed E-state index contributed by atoms with van der Waals surface area (Å²) in [5.41, 5.74) is 6.18. The molecule has 0 aliphatic carbocycles. The molecule has 2 aliphatic rings. The second kappa shape index (κ2) is 11.8. The molecule has 0 unspecified atom stereocenters. The first-order valence-corrected chi connectivity index (χ1v) is 12.6. The van der Waals surface area contributed by atoms with Crippen LogP contribution in [-0.2, 0) is 33.7 Å². The van der Waals surface area contributed by atoms with E-state index in [-0.39, 0.29) is 37.9 Å². The fourth-order valence-electron chi connectivity index (χ4n) is 4.92. The SMILES string of the molecule is NCCCC[C@H]1C(=O)N(Cc2ccccc2)C[C@@H]2N(C(=O)OCc3ccc(C(F)(F)F)cc3)CCC(=O)N21. The van der Waals surface area contributed by atoms with Crippen LogP contribution in [0.15, 0.2) is 54.6 Å². The van der Waals surface area contributed by atoms with Crippen molar-refractivity contribution in [1.82, 2.24) is 14.7 Å². The molecule has 0 saturated carbocycles. The second-order valence-electron chi connectivity index (χ2n) is 9.48. The molecule has 8 nitrogen and oxygen atoms in total. The molecule has 204 valence electrons. The highest BCUT2D eigenvalue weighted by Crippen LogP contribution is 2.31. The summed E-state index contributed by atoms with van der Waals surface area (Å²) in [5, 5.41) is 0. The van der Waals surface area contributed by atoms with Crippen molar-refractivity contribution in [3.8, 4) is 0 Å². The third-order valence-corrected chi connectivity index (χ3v) is 6.88. The Hall–Kier alpha value is -3.60. The highest BCUT2D eigenvalue weighted by molar-refractivity contribution is 5.90. The van der Waals surface area contributed by atoms with Gasteiger partial charge in [-0.2, -0.15) is 13.2 Å². The number of alkyl halides is 3. The summed E-state index contributed by atoms with van der Waals surface area (Å²) in [4.78, 5) is 44.2. The molecule has 0 aromatic heterocycles. The molecular weight excluding hydrogens is 501 g/mol. The number of benzene rings is 2. The number of piperazine rings is 1. The van der Waals surface area contributed by atoms with E-state index in [0.717, 1.165) is 17.7 Å². The zero-order chi connectivity index (χ0) is 27.3. The van der Waals surface area contributed by atoms with Gasteiger partial charge in [-0.1, -0.05) is 42.5 Å². The molecule has 11 heteroatoms. The number of rotatable bonds is 8. The Morgan fingerprint density at radius 2 is 1.71 bits per heavy atom. The topological polar surface area (TPSA) is 96.2 Å². The maximum absolute atomic E-state index is 13.5. The van der Waals surface area contributed by atoms with Crippen LogP contribution in [0.1, 0.15) is 42.4 Å². The number of halogens is 3. The molecule has 4 rings (SSSR count). The molecule has 2 aromatic rings. The molecule has 0 radical (unpaired) electrons. The van der Waals surface area contributed by atoms with Gasteiger partial charge in [-0.15, -0.1) is 0 Å². The molecule has 3 amide bonds. The van der Waals surface area contributed by atoms with Crippen LogP contribution in [0.3, 0.4) is 0 Å². The number of ether oxygens (including phenoxy) is 1. The van der Waals surface area contributed by atoms with Gasteiger partial charge < -0.3 is 20.3 Å². The average Bonchev–Trinajstić information content (AvgIpc) is 2.90. The Labute approximate surface area is 219 Å². The van der Waals surface area contributed by atoms with E-state index < -0.39 is 30.0 Å². The Morgan fingerprint density at radius 3 is 2.37 bits per heavy atom. The average molecular weight is 533 g/mol. The van der Waals surface area contributed by atoms with E-state index in [1.165, 1.54) is 21.9 Å². The zero-order valence-electron chi connectivity index (χ0n) is 20.9. The van der Waals surface area contributed by atoms with Gasteiger partial charge in [0, 0.05) is 19.5 Å². The van der Waals surface area contributed by atoms with Crippen LogP contribution >= 0.6 is 0 Å². The molecule has 2 N–H and O–H groups in total. The smallest absolute Gasteiger partial charge is 0.416 e. The summed E-state index contributed by atoms with van der Waals surface area (Å²) in [7, 11) is 0. The number of nitrogens with two attached hydrogens (primary N) is 1. The first-order valence-electron chi connectivity index (χ1n) is 12.6. The summed E-state index contributed by atoms with van der Waals surface area (Å²) in [6, 6.07) is 13.1. The van der Waals surface area contributed by atoms with Crippen molar-refractivity contribution in [2.24, 2.45) is 5.73 Å². The van der Waals surface area contributed by atoms with E-state index in [9.17, 15) is 27.6 Å². The van der Waals surface area contributed by atoms with Gasteiger partial charge in [-0.25, -0.2) is 4.79 Å². The number of hydrogen-bond acceptors (Lipinski definition) is 5. The van der Waals surface area contributed by atoms with Gasteiger partial charge in [0.25, 0.3) is 0 Å². The van der Waals surface area contributed by atoms with E-state index in [4.69, 9.17) is 10.5 Å². The molecule has 2 fully saturated rings. The molecule has 0 bridgehead atoms. The van der Waals surface area contributed by atoms with E-state index in [1.807, 2.05) is 30.3 Å². The molecule has 38 heavy (non-hydrogen) atoms. The van der Waals surface area contributed by atoms with E-state index >= 15 is 0 Å². The summed E-state index contributed by atoms with van der Waals surface area (Å²) in [6.07, 6.45) is -4.02. The van der Waals surface area contributed by atoms with Crippen LogP contribution in [0.4, 0.5) is 18.0 Å². The molecule has 0 spiro atoms. The molecule has 2 atom stereocenters. The zero-order valence-corrected chi connectivity index (χ0v) is 20.9. The maximum Gasteiger partial charge on any atom is 0.416 e. The van der Waals surface area contributed by atoms with Crippen molar-refractivity contribution in [1.29, 1.82) is 0 Å². The number of fused-ring (bicyclic) bond motifs is 1. The number of hydrogen-bond donors (Lipinski definition) is 1. The van der Waals surface area contributed by atoms with Crippen LogP contribution < -0.4 is 5.73 Å². The lowest BCUT2D eigenvalue weighted by atomic mass is 9.98. The predicted molar refractivity (Wildman–Crippen MR) is 132 cm³/mol. The summed E-state index contributed by atoms with van der Waals surface area (Å²) in [5.74, 6) is -0.373. The van der Waals surface area contributed by atoms with Crippen molar-refractivity contribution in [3.05, 3.63) is 71.3 Å². The number of carbonyl (C=O) groups is 3. The quantitative estimate of drug-likeness (QED) is 0.523. The lowest BCUT2D eigenvalue weighted by Crippen LogP contribution is -2.71. The van der Waals surface area contributed by atoms with E-state index in [1.54, 1.807) is 4.90 Å². The van der Waals surface area contributed by atoms with Crippen molar-refractivity contribution in [2.75, 3.05) is 19.6 Å². The van der Waals surface area contributed by atoms with Crippen LogP contribution in [0, 0.1) is 0 Å². The minimum Gasteiger partial charge on any atom is -0.444 e. The lowest BCUT2D eigenvalue weighted by Gasteiger charge is -2.52. The van der Waals surface area contributed by atoms with Gasteiger partial charge in [0.15, 0.2) is 0 Å². The highest BCUT2D eigenvalue weighted by atomic mass is 19.4. The summed E-state index contributed by atoms with van der Waals surface area (Å²) in [6.45, 7) is 0.826. The Kier molecular flexibility index (Phi) is 8.55. The highest BCUT2D eigenvalue weighted by Gasteiger charge is 2.48. The predicted octanol–water partition coefficient (Wildman–Crippen LogP) is 3.74. The van der Waals surface area contributed by atoms with E-state index in [2.05, 4.69) is 0 Å². The number of amides is 3. The lowest BCUT2D eigenvalue weighted by molar-refractivity contribution is -0.169. The molecule has 2 saturated heterocycles. The largest absolute Gasteiger partial charge is 0.444 e. The van der Waals surface area contributed by atoms with Crippen LogP contribution in [0.25, 0.3) is 0 Å². The fourth-order valence-corrected chi connectivity index (χ4v) is 4.92. The van der Waals surface area contributed by atoms with Gasteiger partial charge in [0.2, 0.25) is 11.8 Å². The third-order valence-electron chi connectivity index (χ3n) is 6.88. The van der Waals surface area contributed by atoms with Gasteiger partial charge in [-0.3, -0.25) is 14.5 Å². The first kappa shape index (κ1) is 27.4. The monoisotopic (exact) mass is 532 g/mol. The number of carbonyl (C=O) groups excluding carboxylic acids is 3. The van der Waals surface area contributed by atoms with Crippen LogP contribution in [-0.4, -0.2) is 64.4 Å². The number of unbranched alkanes of at least 4 members (excludes halogenated alkanes) is 1. The van der Waals surface area contributed by atoms with Crippen molar-refractivity contribution < 1.29 is 32.3 Å². The third kappa shape index (κ3) is 6.27. The van der Waals surface area contributed by atoms with Gasteiger partial charge >= 0.3 is 12.3 Å². The normalized spacial score (nSPS) is 19.9. The molecule has 2 aromatic carbocycles. The number of nitrogens with zero attached hydrogens (tertiary/aromatic N) is 3. The Morgan fingerprint density at radius 1 is 1.00 bits per heavy atom. The maximum atomic E-state index is 13.5. The van der Waals surface area contributed by atoms with Crippen LogP contribution in [0.5, 0.6) is 0 Å². The summed E-state index contributed by atoms with van der Waals surface area (Å²) < 4.78 is 43.9. The Balaban J connectivity index is 1.51. The van der Waals surface area contributed by atoms with Gasteiger partial charge in [-0.05, 0) is 49.1 Å². The summed E-state index contributed by atoms with van der Waals surface area (Å²) >= 11 is 0. The molecule has 2 aliphatic heterocycles. The van der Waals surface area contributed by atoms with Crippen molar-refractivity contribution >= 4 is 17.9 Å². The van der Waals surface area contributed by atoms with Crippen molar-refractivity contribution in [3.63, 3.8) is 0 Å². The van der Waals surface area contributed by atoms with Gasteiger partial charge in [0.05, 0.1) is 12.1 Å². The Bertz CT molecular complexity index is 1130.